The van der Waals surface area contributed by atoms with E-state index in [0.717, 1.165) is 31.4 Å². The Morgan fingerprint density at radius 1 is 1.41 bits per heavy atom. The van der Waals surface area contributed by atoms with Gasteiger partial charge in [-0.05, 0) is 48.8 Å². The van der Waals surface area contributed by atoms with Gasteiger partial charge in [-0.25, -0.2) is 4.79 Å². The van der Waals surface area contributed by atoms with E-state index in [1.54, 1.807) is 4.90 Å². The van der Waals surface area contributed by atoms with Crippen molar-refractivity contribution in [2.45, 2.75) is 38.3 Å². The maximum atomic E-state index is 12.5. The Labute approximate surface area is 136 Å². The van der Waals surface area contributed by atoms with Gasteiger partial charge in [-0.2, -0.15) is 0 Å². The van der Waals surface area contributed by atoms with Crippen molar-refractivity contribution in [3.05, 3.63) is 34.9 Å². The van der Waals surface area contributed by atoms with E-state index in [4.69, 9.17) is 11.6 Å². The zero-order valence-electron chi connectivity index (χ0n) is 12.8. The van der Waals surface area contributed by atoms with Gasteiger partial charge in [-0.15, -0.1) is 0 Å². The molecule has 4 nitrogen and oxygen atoms in total. The molecule has 4 unspecified atom stereocenters. The largest absolute Gasteiger partial charge is 0.391 e. The summed E-state index contributed by atoms with van der Waals surface area (Å²) in [6.07, 6.45) is 2.38. The van der Waals surface area contributed by atoms with Gasteiger partial charge in [0.25, 0.3) is 0 Å². The Morgan fingerprint density at radius 3 is 2.68 bits per heavy atom. The lowest BCUT2D eigenvalue weighted by Gasteiger charge is -2.32. The van der Waals surface area contributed by atoms with E-state index in [-0.39, 0.29) is 12.1 Å². The SMILES string of the molecule is CC1CC1C(NC(=O)N1CCCC(O)C1)c1ccc(Cl)cc1. The highest BCUT2D eigenvalue weighted by atomic mass is 35.5. The topological polar surface area (TPSA) is 52.6 Å². The zero-order valence-corrected chi connectivity index (χ0v) is 13.6. The third-order valence-electron chi connectivity index (χ3n) is 4.79. The van der Waals surface area contributed by atoms with Crippen LogP contribution in [0.5, 0.6) is 0 Å². The molecule has 0 bridgehead atoms. The van der Waals surface area contributed by atoms with Crippen molar-refractivity contribution in [1.82, 2.24) is 10.2 Å². The van der Waals surface area contributed by atoms with E-state index in [9.17, 15) is 9.90 Å². The number of hydrogen-bond donors (Lipinski definition) is 2. The Morgan fingerprint density at radius 2 is 2.09 bits per heavy atom. The number of amides is 2. The molecular weight excluding hydrogens is 300 g/mol. The summed E-state index contributed by atoms with van der Waals surface area (Å²) in [5.74, 6) is 1.12. The number of hydrogen-bond acceptors (Lipinski definition) is 2. The number of nitrogens with zero attached hydrogens (tertiary/aromatic N) is 1. The van der Waals surface area contributed by atoms with E-state index in [1.807, 2.05) is 24.3 Å². The standard InChI is InChI=1S/C17H23ClN2O2/c1-11-9-15(11)16(12-4-6-13(18)7-5-12)19-17(22)20-8-2-3-14(21)10-20/h4-7,11,14-16,21H,2-3,8-10H2,1H3,(H,19,22). The molecule has 1 heterocycles. The van der Waals surface area contributed by atoms with Gasteiger partial charge < -0.3 is 15.3 Å². The zero-order chi connectivity index (χ0) is 15.7. The Balaban J connectivity index is 1.70. The van der Waals surface area contributed by atoms with Crippen molar-refractivity contribution < 1.29 is 9.90 Å². The molecule has 0 spiro atoms. The number of carbonyl (C=O) groups is 1. The first kappa shape index (κ1) is 15.6. The Hall–Kier alpha value is -1.26. The van der Waals surface area contributed by atoms with E-state index < -0.39 is 6.10 Å². The van der Waals surface area contributed by atoms with Crippen LogP contribution in [0.3, 0.4) is 0 Å². The van der Waals surface area contributed by atoms with Crippen LogP contribution in [0.15, 0.2) is 24.3 Å². The lowest BCUT2D eigenvalue weighted by molar-refractivity contribution is 0.0829. The Kier molecular flexibility index (Phi) is 4.59. The molecule has 2 N–H and O–H groups in total. The van der Waals surface area contributed by atoms with E-state index in [0.29, 0.717) is 23.4 Å². The third kappa shape index (κ3) is 3.55. The van der Waals surface area contributed by atoms with Crippen LogP contribution in [0, 0.1) is 11.8 Å². The van der Waals surface area contributed by atoms with Gasteiger partial charge in [0.1, 0.15) is 0 Å². The molecule has 1 aromatic rings. The minimum absolute atomic E-state index is 0.0267. The number of carbonyl (C=O) groups excluding carboxylic acids is 1. The van der Waals surface area contributed by atoms with Crippen LogP contribution < -0.4 is 5.32 Å². The van der Waals surface area contributed by atoms with Gasteiger partial charge in [-0.1, -0.05) is 30.7 Å². The molecule has 2 amide bonds. The predicted octanol–water partition coefficient (Wildman–Crippen LogP) is 3.20. The summed E-state index contributed by atoms with van der Waals surface area (Å²) in [7, 11) is 0. The van der Waals surface area contributed by atoms with Gasteiger partial charge in [0.05, 0.1) is 12.1 Å². The lowest BCUT2D eigenvalue weighted by atomic mass is 10.0. The van der Waals surface area contributed by atoms with Crippen LogP contribution in [0.1, 0.15) is 37.8 Å². The molecule has 1 aromatic carbocycles. The number of likely N-dealkylation sites (tertiary alicyclic amines) is 1. The van der Waals surface area contributed by atoms with Crippen molar-refractivity contribution in [2.75, 3.05) is 13.1 Å². The van der Waals surface area contributed by atoms with Crippen LogP contribution in [-0.4, -0.2) is 35.2 Å². The minimum Gasteiger partial charge on any atom is -0.391 e. The van der Waals surface area contributed by atoms with Gasteiger partial charge in [0.15, 0.2) is 0 Å². The van der Waals surface area contributed by atoms with Crippen molar-refractivity contribution in [1.29, 1.82) is 0 Å². The normalized spacial score (nSPS) is 29.0. The molecule has 1 saturated heterocycles. The van der Waals surface area contributed by atoms with Gasteiger partial charge in [-0.3, -0.25) is 0 Å². The first-order valence-corrected chi connectivity index (χ1v) is 8.41. The number of nitrogens with one attached hydrogen (secondary N) is 1. The monoisotopic (exact) mass is 322 g/mol. The molecule has 4 atom stereocenters. The fourth-order valence-corrected chi connectivity index (χ4v) is 3.41. The number of rotatable bonds is 3. The fourth-order valence-electron chi connectivity index (χ4n) is 3.29. The minimum atomic E-state index is -0.395. The summed E-state index contributed by atoms with van der Waals surface area (Å²) in [5.41, 5.74) is 1.10. The summed E-state index contributed by atoms with van der Waals surface area (Å²) in [6, 6.07) is 7.67. The molecule has 3 rings (SSSR count). The molecule has 0 radical (unpaired) electrons. The number of halogens is 1. The lowest BCUT2D eigenvalue weighted by Crippen LogP contribution is -2.48. The van der Waals surface area contributed by atoms with Crippen LogP contribution in [0.2, 0.25) is 5.02 Å². The number of piperidine rings is 1. The van der Waals surface area contributed by atoms with Gasteiger partial charge in [0, 0.05) is 18.1 Å². The molecular formula is C17H23ClN2O2. The summed E-state index contributed by atoms with van der Waals surface area (Å²) in [4.78, 5) is 14.2. The second-order valence-electron chi connectivity index (χ2n) is 6.60. The van der Waals surface area contributed by atoms with Crippen LogP contribution >= 0.6 is 11.6 Å². The highest BCUT2D eigenvalue weighted by Crippen LogP contribution is 2.47. The number of aliphatic hydroxyl groups is 1. The number of β-amino-alcohol motifs (C(OH)–C–C–N with tert-alkyl or cyclic N) is 1. The van der Waals surface area contributed by atoms with E-state index in [1.165, 1.54) is 0 Å². The second-order valence-corrected chi connectivity index (χ2v) is 7.03. The maximum absolute atomic E-state index is 12.5. The molecule has 2 aliphatic rings. The molecule has 0 aromatic heterocycles. The fraction of sp³-hybridized carbons (Fsp3) is 0.588. The summed E-state index contributed by atoms with van der Waals surface area (Å²) in [6.45, 7) is 3.36. The van der Waals surface area contributed by atoms with E-state index >= 15 is 0 Å². The molecule has 1 aliphatic heterocycles. The number of benzene rings is 1. The molecule has 5 heteroatoms. The molecule has 1 saturated carbocycles. The third-order valence-corrected chi connectivity index (χ3v) is 5.04. The van der Waals surface area contributed by atoms with Crippen LogP contribution in [0.4, 0.5) is 4.79 Å². The second kappa shape index (κ2) is 6.47. The molecule has 22 heavy (non-hydrogen) atoms. The van der Waals surface area contributed by atoms with E-state index in [2.05, 4.69) is 12.2 Å². The van der Waals surface area contributed by atoms with Crippen molar-refractivity contribution in [3.8, 4) is 0 Å². The van der Waals surface area contributed by atoms with Crippen molar-refractivity contribution >= 4 is 17.6 Å². The van der Waals surface area contributed by atoms with Gasteiger partial charge in [0.2, 0.25) is 0 Å². The summed E-state index contributed by atoms with van der Waals surface area (Å²) < 4.78 is 0. The first-order valence-electron chi connectivity index (χ1n) is 8.03. The summed E-state index contributed by atoms with van der Waals surface area (Å²) in [5, 5.41) is 13.6. The van der Waals surface area contributed by atoms with Crippen LogP contribution in [-0.2, 0) is 0 Å². The highest BCUT2D eigenvalue weighted by Gasteiger charge is 2.41. The molecule has 120 valence electrons. The Bertz CT molecular complexity index is 534. The average molecular weight is 323 g/mol. The number of urea groups is 1. The predicted molar refractivity (Wildman–Crippen MR) is 86.8 cm³/mol. The van der Waals surface area contributed by atoms with Crippen molar-refractivity contribution in [2.24, 2.45) is 11.8 Å². The quantitative estimate of drug-likeness (QED) is 0.898. The van der Waals surface area contributed by atoms with Crippen LogP contribution in [0.25, 0.3) is 0 Å². The molecule has 2 fully saturated rings. The average Bonchev–Trinajstić information content (AvgIpc) is 3.22. The highest BCUT2D eigenvalue weighted by molar-refractivity contribution is 6.30. The van der Waals surface area contributed by atoms with Crippen molar-refractivity contribution in [3.63, 3.8) is 0 Å². The summed E-state index contributed by atoms with van der Waals surface area (Å²) >= 11 is 5.96. The molecule has 1 aliphatic carbocycles. The first-order chi connectivity index (χ1) is 10.5. The van der Waals surface area contributed by atoms with Gasteiger partial charge >= 0.3 is 6.03 Å². The smallest absolute Gasteiger partial charge is 0.317 e. The maximum Gasteiger partial charge on any atom is 0.317 e. The number of aliphatic hydroxyl groups excluding tert-OH is 1.